The Morgan fingerprint density at radius 2 is 1.95 bits per heavy atom. The van der Waals surface area contributed by atoms with E-state index >= 15 is 0 Å². The fraction of sp³-hybridized carbons (Fsp3) is 0.267. The number of aldehydes is 1. The zero-order valence-corrected chi connectivity index (χ0v) is 11.4. The third kappa shape index (κ3) is 1.74. The molecule has 0 radical (unpaired) electrons. The predicted molar refractivity (Wildman–Crippen MR) is 77.2 cm³/mol. The fourth-order valence-electron chi connectivity index (χ4n) is 2.52. The van der Waals surface area contributed by atoms with Crippen LogP contribution in [0, 0.1) is 5.92 Å². The Hall–Kier alpha value is -2.43. The zero-order chi connectivity index (χ0) is 14.3. The molecule has 0 amide bonds. The highest BCUT2D eigenvalue weighted by atomic mass is 16.1. The van der Waals surface area contributed by atoms with Gasteiger partial charge in [-0.15, -0.1) is 0 Å². The number of hydrogen-bond acceptors (Lipinski definition) is 3. The smallest absolute Gasteiger partial charge is 0.277 e. The number of hydrogen-bond donors (Lipinski definition) is 0. The van der Waals surface area contributed by atoms with Gasteiger partial charge in [-0.3, -0.25) is 14.0 Å². The standard InChI is InChI=1S/C15H15N3O2/c1-10(2)7-17-12-5-3-4-6-13(12)18-9-16-11(8-19)14(18)15(17)20/h3-6,8-10H,7H2,1-2H3. The first-order chi connectivity index (χ1) is 9.63. The van der Waals surface area contributed by atoms with Crippen LogP contribution in [0.2, 0.25) is 0 Å². The summed E-state index contributed by atoms with van der Waals surface area (Å²) in [7, 11) is 0. The van der Waals surface area contributed by atoms with E-state index < -0.39 is 0 Å². The molecule has 20 heavy (non-hydrogen) atoms. The summed E-state index contributed by atoms with van der Waals surface area (Å²) < 4.78 is 3.42. The molecule has 3 rings (SSSR count). The Bertz CT molecular complexity index is 859. The first-order valence-electron chi connectivity index (χ1n) is 6.57. The first-order valence-corrected chi connectivity index (χ1v) is 6.57. The quantitative estimate of drug-likeness (QED) is 0.684. The fourth-order valence-corrected chi connectivity index (χ4v) is 2.52. The lowest BCUT2D eigenvalue weighted by Crippen LogP contribution is -2.25. The van der Waals surface area contributed by atoms with E-state index in [0.717, 1.165) is 11.0 Å². The van der Waals surface area contributed by atoms with Crippen LogP contribution in [0.1, 0.15) is 24.3 Å². The highest BCUT2D eigenvalue weighted by Crippen LogP contribution is 2.16. The third-order valence-corrected chi connectivity index (χ3v) is 3.33. The number of carbonyl (C=O) groups excluding carboxylic acids is 1. The van der Waals surface area contributed by atoms with Crippen LogP contribution in [0.4, 0.5) is 0 Å². The van der Waals surface area contributed by atoms with Gasteiger partial charge < -0.3 is 4.57 Å². The lowest BCUT2D eigenvalue weighted by atomic mass is 10.2. The highest BCUT2D eigenvalue weighted by molar-refractivity contribution is 5.87. The van der Waals surface area contributed by atoms with Gasteiger partial charge in [-0.1, -0.05) is 26.0 Å². The van der Waals surface area contributed by atoms with E-state index in [1.807, 2.05) is 24.3 Å². The molecule has 0 fully saturated rings. The van der Waals surface area contributed by atoms with Gasteiger partial charge in [0.1, 0.15) is 17.5 Å². The summed E-state index contributed by atoms with van der Waals surface area (Å²) >= 11 is 0. The van der Waals surface area contributed by atoms with Crippen LogP contribution in [0.25, 0.3) is 16.6 Å². The van der Waals surface area contributed by atoms with Crippen molar-refractivity contribution in [2.75, 3.05) is 0 Å². The van der Waals surface area contributed by atoms with Crippen LogP contribution in [0.15, 0.2) is 35.4 Å². The van der Waals surface area contributed by atoms with Crippen molar-refractivity contribution in [1.29, 1.82) is 0 Å². The first kappa shape index (κ1) is 12.6. The number of carbonyl (C=O) groups is 1. The molecule has 102 valence electrons. The van der Waals surface area contributed by atoms with E-state index in [1.54, 1.807) is 8.97 Å². The van der Waals surface area contributed by atoms with E-state index in [0.29, 0.717) is 24.3 Å². The SMILES string of the molecule is CC(C)Cn1c(=O)c2c(C=O)ncn2c2ccccc21. The Balaban J connectivity index is 2.53. The second-order valence-electron chi connectivity index (χ2n) is 5.26. The average Bonchev–Trinajstić information content (AvgIpc) is 2.87. The maximum Gasteiger partial charge on any atom is 0.277 e. The normalized spacial score (nSPS) is 11.6. The molecule has 0 bridgehead atoms. The van der Waals surface area contributed by atoms with E-state index in [-0.39, 0.29) is 11.3 Å². The van der Waals surface area contributed by atoms with Crippen LogP contribution in [0.5, 0.6) is 0 Å². The minimum Gasteiger partial charge on any atom is -0.305 e. The molecular weight excluding hydrogens is 254 g/mol. The number of aromatic nitrogens is 3. The Morgan fingerprint density at radius 1 is 1.25 bits per heavy atom. The lowest BCUT2D eigenvalue weighted by molar-refractivity contribution is 0.112. The molecule has 0 unspecified atom stereocenters. The minimum absolute atomic E-state index is 0.169. The monoisotopic (exact) mass is 269 g/mol. The summed E-state index contributed by atoms with van der Waals surface area (Å²) in [4.78, 5) is 27.8. The summed E-state index contributed by atoms with van der Waals surface area (Å²) in [5.74, 6) is 0.334. The van der Waals surface area contributed by atoms with Crippen molar-refractivity contribution in [1.82, 2.24) is 14.0 Å². The zero-order valence-electron chi connectivity index (χ0n) is 11.4. The van der Waals surface area contributed by atoms with Crippen molar-refractivity contribution in [2.24, 2.45) is 5.92 Å². The average molecular weight is 269 g/mol. The molecular formula is C15H15N3O2. The summed E-state index contributed by atoms with van der Waals surface area (Å²) in [6, 6.07) is 7.66. The summed E-state index contributed by atoms with van der Waals surface area (Å²) in [5, 5.41) is 0. The van der Waals surface area contributed by atoms with Crippen molar-refractivity contribution < 1.29 is 4.79 Å². The molecule has 0 aliphatic carbocycles. The Labute approximate surface area is 115 Å². The Morgan fingerprint density at radius 3 is 2.60 bits per heavy atom. The number of rotatable bonds is 3. The van der Waals surface area contributed by atoms with Gasteiger partial charge in [0.15, 0.2) is 6.29 Å². The molecule has 5 nitrogen and oxygen atoms in total. The van der Waals surface area contributed by atoms with Crippen molar-refractivity contribution >= 4 is 22.8 Å². The topological polar surface area (TPSA) is 56.4 Å². The maximum atomic E-state index is 12.7. The van der Waals surface area contributed by atoms with Crippen LogP contribution in [0.3, 0.4) is 0 Å². The molecule has 0 saturated carbocycles. The molecule has 0 atom stereocenters. The molecule has 0 N–H and O–H groups in total. The maximum absolute atomic E-state index is 12.7. The predicted octanol–water partition coefficient (Wildman–Crippen LogP) is 2.12. The molecule has 0 spiro atoms. The van der Waals surface area contributed by atoms with Gasteiger partial charge in [-0.25, -0.2) is 4.98 Å². The van der Waals surface area contributed by atoms with Gasteiger partial charge in [-0.2, -0.15) is 0 Å². The second-order valence-corrected chi connectivity index (χ2v) is 5.26. The minimum atomic E-state index is -0.169. The van der Waals surface area contributed by atoms with Gasteiger partial charge in [0.25, 0.3) is 5.56 Å². The number of benzene rings is 1. The van der Waals surface area contributed by atoms with E-state index in [9.17, 15) is 9.59 Å². The molecule has 0 saturated heterocycles. The van der Waals surface area contributed by atoms with Crippen molar-refractivity contribution in [2.45, 2.75) is 20.4 Å². The van der Waals surface area contributed by atoms with Crippen LogP contribution in [-0.2, 0) is 6.54 Å². The van der Waals surface area contributed by atoms with Gasteiger partial charge in [0, 0.05) is 6.54 Å². The molecule has 2 heterocycles. The number of nitrogens with zero attached hydrogens (tertiary/aromatic N) is 3. The molecule has 1 aromatic carbocycles. The second kappa shape index (κ2) is 4.59. The van der Waals surface area contributed by atoms with Gasteiger partial charge in [-0.05, 0) is 18.1 Å². The molecule has 0 aliphatic rings. The van der Waals surface area contributed by atoms with Crippen molar-refractivity contribution in [3.63, 3.8) is 0 Å². The number of fused-ring (bicyclic) bond motifs is 3. The largest absolute Gasteiger partial charge is 0.305 e. The van der Waals surface area contributed by atoms with Crippen LogP contribution in [-0.4, -0.2) is 20.2 Å². The van der Waals surface area contributed by atoms with Gasteiger partial charge in [0.2, 0.25) is 0 Å². The van der Waals surface area contributed by atoms with Crippen LogP contribution < -0.4 is 5.56 Å². The van der Waals surface area contributed by atoms with Crippen molar-refractivity contribution in [3.05, 3.63) is 46.6 Å². The van der Waals surface area contributed by atoms with E-state index in [1.165, 1.54) is 6.33 Å². The summed E-state index contributed by atoms with van der Waals surface area (Å²) in [6.45, 7) is 4.73. The van der Waals surface area contributed by atoms with E-state index in [4.69, 9.17) is 0 Å². The Kier molecular flexibility index (Phi) is 2.89. The molecule has 3 aromatic rings. The highest BCUT2D eigenvalue weighted by Gasteiger charge is 2.15. The van der Waals surface area contributed by atoms with Gasteiger partial charge >= 0.3 is 0 Å². The van der Waals surface area contributed by atoms with E-state index in [2.05, 4.69) is 18.8 Å². The molecule has 5 heteroatoms. The number of imidazole rings is 1. The third-order valence-electron chi connectivity index (χ3n) is 3.33. The molecule has 0 aliphatic heterocycles. The lowest BCUT2D eigenvalue weighted by Gasteiger charge is -2.14. The van der Waals surface area contributed by atoms with Gasteiger partial charge in [0.05, 0.1) is 11.0 Å². The number of para-hydroxylation sites is 2. The molecule has 2 aromatic heterocycles. The summed E-state index contributed by atoms with van der Waals surface area (Å²) in [5.41, 5.74) is 2.10. The summed E-state index contributed by atoms with van der Waals surface area (Å²) in [6.07, 6.45) is 2.16. The van der Waals surface area contributed by atoms with Crippen molar-refractivity contribution in [3.8, 4) is 0 Å². The van der Waals surface area contributed by atoms with Crippen LogP contribution >= 0.6 is 0 Å².